The fourth-order valence-corrected chi connectivity index (χ4v) is 2.94. The zero-order valence-electron chi connectivity index (χ0n) is 14.4. The highest BCUT2D eigenvalue weighted by Gasteiger charge is 2.32. The highest BCUT2D eigenvalue weighted by Crippen LogP contribution is 2.36. The Hall–Kier alpha value is -3.68. The molecular weight excluding hydrogens is 356 g/mol. The fraction of sp³-hybridized carbons (Fsp3) is 0.158. The lowest BCUT2D eigenvalue weighted by Gasteiger charge is -2.29. The molecule has 0 saturated carbocycles. The molecule has 8 heteroatoms. The number of rotatable bonds is 6. The Bertz CT molecular complexity index is 894. The van der Waals surface area contributed by atoms with E-state index in [1.54, 1.807) is 13.8 Å². The predicted molar refractivity (Wildman–Crippen MR) is 92.8 cm³/mol. The van der Waals surface area contributed by atoms with Crippen LogP contribution in [0.15, 0.2) is 36.4 Å². The van der Waals surface area contributed by atoms with Crippen molar-refractivity contribution in [2.75, 3.05) is 0 Å². The predicted octanol–water partition coefficient (Wildman–Crippen LogP) is 2.81. The molecule has 0 fully saturated rings. The van der Waals surface area contributed by atoms with E-state index < -0.39 is 29.3 Å². The first-order valence-electron chi connectivity index (χ1n) is 7.69. The van der Waals surface area contributed by atoms with Gasteiger partial charge in [-0.05, 0) is 35.4 Å². The zero-order valence-corrected chi connectivity index (χ0v) is 14.4. The second kappa shape index (κ2) is 6.91. The van der Waals surface area contributed by atoms with Crippen LogP contribution in [0.5, 0.6) is 0 Å². The van der Waals surface area contributed by atoms with Gasteiger partial charge < -0.3 is 20.4 Å². The van der Waals surface area contributed by atoms with Crippen LogP contribution in [0, 0.1) is 0 Å². The average Bonchev–Trinajstić information content (AvgIpc) is 2.60. The highest BCUT2D eigenvalue weighted by molar-refractivity contribution is 5.97. The van der Waals surface area contributed by atoms with Gasteiger partial charge in [0.15, 0.2) is 0 Å². The van der Waals surface area contributed by atoms with Gasteiger partial charge >= 0.3 is 23.9 Å². The molecule has 0 aliphatic heterocycles. The maximum absolute atomic E-state index is 11.6. The molecule has 0 atom stereocenters. The Morgan fingerprint density at radius 1 is 0.630 bits per heavy atom. The van der Waals surface area contributed by atoms with Gasteiger partial charge in [0.1, 0.15) is 0 Å². The fourth-order valence-electron chi connectivity index (χ4n) is 2.94. The molecule has 0 amide bonds. The Morgan fingerprint density at radius 3 is 1.22 bits per heavy atom. The SMILES string of the molecule is CC(C)(c1ccc(C(=O)O)cc1C(=O)O)c1ccc(C(=O)O)cc1C(=O)O. The summed E-state index contributed by atoms with van der Waals surface area (Å²) in [5.41, 5.74) is -1.75. The number of benzene rings is 2. The van der Waals surface area contributed by atoms with Gasteiger partial charge in [0, 0.05) is 5.41 Å². The average molecular weight is 372 g/mol. The molecule has 0 spiro atoms. The standard InChI is InChI=1S/C19H16O8/c1-19(2,13-5-3-9(15(20)21)7-11(13)17(24)25)14-6-4-10(16(22)23)8-12(14)18(26)27/h3-8H,1-2H3,(H,20,21)(H,22,23)(H,24,25)(H,26,27). The molecule has 0 heterocycles. The van der Waals surface area contributed by atoms with Crippen LogP contribution >= 0.6 is 0 Å². The quantitative estimate of drug-likeness (QED) is 0.604. The Labute approximate surface area is 153 Å². The Balaban J connectivity index is 2.76. The molecule has 0 unspecified atom stereocenters. The van der Waals surface area contributed by atoms with E-state index in [0.29, 0.717) is 0 Å². The van der Waals surface area contributed by atoms with E-state index >= 15 is 0 Å². The molecule has 2 aromatic rings. The second-order valence-corrected chi connectivity index (χ2v) is 6.37. The van der Waals surface area contributed by atoms with Crippen molar-refractivity contribution in [3.05, 3.63) is 69.8 Å². The largest absolute Gasteiger partial charge is 0.478 e. The third kappa shape index (κ3) is 3.64. The van der Waals surface area contributed by atoms with Crippen LogP contribution in [0.3, 0.4) is 0 Å². The van der Waals surface area contributed by atoms with Gasteiger partial charge in [-0.3, -0.25) is 0 Å². The van der Waals surface area contributed by atoms with Gasteiger partial charge in [0.25, 0.3) is 0 Å². The van der Waals surface area contributed by atoms with Gasteiger partial charge in [0.05, 0.1) is 22.3 Å². The van der Waals surface area contributed by atoms with Crippen LogP contribution in [0.4, 0.5) is 0 Å². The molecule has 0 aliphatic carbocycles. The summed E-state index contributed by atoms with van der Waals surface area (Å²) in [7, 11) is 0. The third-order valence-corrected chi connectivity index (χ3v) is 4.34. The van der Waals surface area contributed by atoms with Crippen LogP contribution < -0.4 is 0 Å². The summed E-state index contributed by atoms with van der Waals surface area (Å²) < 4.78 is 0. The van der Waals surface area contributed by atoms with Crippen molar-refractivity contribution in [1.82, 2.24) is 0 Å². The zero-order chi connectivity index (χ0) is 20.5. The molecule has 0 saturated heterocycles. The lowest BCUT2D eigenvalue weighted by atomic mass is 9.73. The normalized spacial score (nSPS) is 11.0. The summed E-state index contributed by atoms with van der Waals surface area (Å²) in [6, 6.07) is 7.13. The summed E-state index contributed by atoms with van der Waals surface area (Å²) in [5, 5.41) is 37.1. The molecule has 140 valence electrons. The minimum Gasteiger partial charge on any atom is -0.478 e. The molecule has 2 aromatic carbocycles. The van der Waals surface area contributed by atoms with Crippen LogP contribution in [0.2, 0.25) is 0 Å². The van der Waals surface area contributed by atoms with E-state index in [2.05, 4.69) is 0 Å². The van der Waals surface area contributed by atoms with Gasteiger partial charge in [-0.2, -0.15) is 0 Å². The molecule has 4 N–H and O–H groups in total. The number of hydrogen-bond donors (Lipinski definition) is 4. The van der Waals surface area contributed by atoms with Gasteiger partial charge in [-0.15, -0.1) is 0 Å². The van der Waals surface area contributed by atoms with Crippen molar-refractivity contribution in [1.29, 1.82) is 0 Å². The lowest BCUT2D eigenvalue weighted by molar-refractivity contribution is 0.0676. The summed E-state index contributed by atoms with van der Waals surface area (Å²) in [6.07, 6.45) is 0. The van der Waals surface area contributed by atoms with E-state index in [1.165, 1.54) is 24.3 Å². The summed E-state index contributed by atoms with van der Waals surface area (Å²) >= 11 is 0. The first kappa shape index (κ1) is 19.6. The van der Waals surface area contributed by atoms with E-state index in [4.69, 9.17) is 10.2 Å². The maximum atomic E-state index is 11.6. The van der Waals surface area contributed by atoms with E-state index in [9.17, 15) is 29.4 Å². The number of hydrogen-bond acceptors (Lipinski definition) is 4. The number of carbonyl (C=O) groups is 4. The van der Waals surface area contributed by atoms with E-state index in [0.717, 1.165) is 12.1 Å². The van der Waals surface area contributed by atoms with E-state index in [1.807, 2.05) is 0 Å². The smallest absolute Gasteiger partial charge is 0.336 e. The van der Waals surface area contributed by atoms with Gasteiger partial charge in [-0.25, -0.2) is 19.2 Å². The van der Waals surface area contributed by atoms with Crippen molar-refractivity contribution in [2.45, 2.75) is 19.3 Å². The van der Waals surface area contributed by atoms with Crippen molar-refractivity contribution < 1.29 is 39.6 Å². The minimum absolute atomic E-state index is 0.200. The summed E-state index contributed by atoms with van der Waals surface area (Å²) in [4.78, 5) is 45.6. The first-order valence-corrected chi connectivity index (χ1v) is 7.69. The molecule has 8 nitrogen and oxygen atoms in total. The van der Waals surface area contributed by atoms with Crippen molar-refractivity contribution in [3.63, 3.8) is 0 Å². The molecule has 0 aliphatic rings. The topological polar surface area (TPSA) is 149 Å². The Kier molecular flexibility index (Phi) is 5.03. The number of carboxylic acid groups (broad SMARTS) is 4. The summed E-state index contributed by atoms with van der Waals surface area (Å²) in [6.45, 7) is 3.16. The second-order valence-electron chi connectivity index (χ2n) is 6.37. The summed E-state index contributed by atoms with van der Waals surface area (Å²) in [5.74, 6) is -5.31. The van der Waals surface area contributed by atoms with Crippen molar-refractivity contribution in [2.24, 2.45) is 0 Å². The molecule has 0 bridgehead atoms. The Morgan fingerprint density at radius 2 is 0.963 bits per heavy atom. The van der Waals surface area contributed by atoms with Gasteiger partial charge in [0.2, 0.25) is 0 Å². The molecule has 0 aromatic heterocycles. The molecule has 0 radical (unpaired) electrons. The molecule has 2 rings (SSSR count). The molecular formula is C19H16O8. The number of carboxylic acids is 4. The van der Waals surface area contributed by atoms with Crippen LogP contribution in [-0.2, 0) is 5.41 Å². The molecule has 27 heavy (non-hydrogen) atoms. The highest BCUT2D eigenvalue weighted by atomic mass is 16.4. The van der Waals surface area contributed by atoms with E-state index in [-0.39, 0.29) is 33.4 Å². The maximum Gasteiger partial charge on any atom is 0.336 e. The van der Waals surface area contributed by atoms with Crippen LogP contribution in [-0.4, -0.2) is 44.3 Å². The first-order chi connectivity index (χ1) is 12.5. The lowest BCUT2D eigenvalue weighted by Crippen LogP contribution is -2.26. The van der Waals surface area contributed by atoms with Crippen molar-refractivity contribution >= 4 is 23.9 Å². The monoisotopic (exact) mass is 372 g/mol. The number of aromatic carboxylic acids is 4. The van der Waals surface area contributed by atoms with Crippen LogP contribution in [0.25, 0.3) is 0 Å². The van der Waals surface area contributed by atoms with Gasteiger partial charge in [-0.1, -0.05) is 26.0 Å². The van der Waals surface area contributed by atoms with Crippen molar-refractivity contribution in [3.8, 4) is 0 Å². The third-order valence-electron chi connectivity index (χ3n) is 4.34. The van der Waals surface area contributed by atoms with Crippen LogP contribution in [0.1, 0.15) is 66.4 Å². The minimum atomic E-state index is -1.36.